The van der Waals surface area contributed by atoms with E-state index in [9.17, 15) is 12.8 Å². The number of anilines is 1. The number of nitrogen functional groups attached to an aromatic ring is 1. The summed E-state index contributed by atoms with van der Waals surface area (Å²) in [4.78, 5) is 4.50. The molecule has 1 atom stereocenters. The number of benzene rings is 2. The molecular formula is C25H29FN2O4S. The first-order chi connectivity index (χ1) is 15.6. The molecule has 0 spiro atoms. The zero-order valence-electron chi connectivity index (χ0n) is 19.3. The summed E-state index contributed by atoms with van der Waals surface area (Å²) in [5.41, 5.74) is 9.90. The molecule has 0 aliphatic carbocycles. The maximum Gasteiger partial charge on any atom is 0.161 e. The molecule has 0 aliphatic heterocycles. The third kappa shape index (κ3) is 5.82. The van der Waals surface area contributed by atoms with E-state index >= 15 is 0 Å². The first-order valence-electron chi connectivity index (χ1n) is 10.6. The van der Waals surface area contributed by atoms with Crippen LogP contribution in [-0.4, -0.2) is 39.1 Å². The molecule has 3 rings (SSSR count). The number of hydrogen-bond acceptors (Lipinski definition) is 6. The molecule has 0 saturated carbocycles. The van der Waals surface area contributed by atoms with Crippen LogP contribution in [0.25, 0.3) is 11.1 Å². The van der Waals surface area contributed by atoms with Gasteiger partial charge in [-0.05, 0) is 49.6 Å². The molecule has 1 heterocycles. The average Bonchev–Trinajstić information content (AvgIpc) is 2.76. The Bertz CT molecular complexity index is 1250. The number of sulfone groups is 1. The second-order valence-electron chi connectivity index (χ2n) is 7.97. The maximum atomic E-state index is 14.3. The van der Waals surface area contributed by atoms with Gasteiger partial charge in [-0.25, -0.2) is 12.8 Å². The van der Waals surface area contributed by atoms with Crippen LogP contribution in [0.5, 0.6) is 11.5 Å². The number of ether oxygens (including phenoxy) is 2. The molecule has 8 heteroatoms. The normalized spacial score (nSPS) is 12.4. The number of nitrogens with zero attached hydrogens (tertiary/aromatic N) is 1. The molecule has 0 aliphatic rings. The van der Waals surface area contributed by atoms with Crippen LogP contribution in [0.15, 0.2) is 48.7 Å². The van der Waals surface area contributed by atoms with Crippen molar-refractivity contribution in [2.45, 2.75) is 26.2 Å². The minimum atomic E-state index is -3.30. The second-order valence-corrected chi connectivity index (χ2v) is 10.2. The summed E-state index contributed by atoms with van der Waals surface area (Å²) >= 11 is 0. The number of pyridine rings is 1. The number of nitrogens with two attached hydrogens (primary N) is 1. The average molecular weight is 473 g/mol. The quantitative estimate of drug-likeness (QED) is 0.491. The Morgan fingerprint density at radius 2 is 1.85 bits per heavy atom. The summed E-state index contributed by atoms with van der Waals surface area (Å²) < 4.78 is 49.8. The minimum absolute atomic E-state index is 0.0832. The second kappa shape index (κ2) is 10.2. The highest BCUT2D eigenvalue weighted by Gasteiger charge is 2.23. The molecule has 6 nitrogen and oxygen atoms in total. The van der Waals surface area contributed by atoms with Crippen molar-refractivity contribution >= 4 is 15.5 Å². The van der Waals surface area contributed by atoms with Crippen molar-refractivity contribution < 1.29 is 22.3 Å². The largest absolute Gasteiger partial charge is 0.493 e. The molecule has 2 aromatic carbocycles. The predicted octanol–water partition coefficient (Wildman–Crippen LogP) is 4.56. The van der Waals surface area contributed by atoms with Crippen molar-refractivity contribution in [3.05, 3.63) is 71.3 Å². The Kier molecular flexibility index (Phi) is 7.58. The number of methoxy groups -OCH3 is 1. The summed E-state index contributed by atoms with van der Waals surface area (Å²) in [6.07, 6.45) is 3.10. The highest BCUT2D eigenvalue weighted by molar-refractivity contribution is 7.90. The molecular weight excluding hydrogens is 443 g/mol. The molecule has 3 aromatic rings. The zero-order valence-corrected chi connectivity index (χ0v) is 20.1. The van der Waals surface area contributed by atoms with E-state index in [4.69, 9.17) is 15.2 Å². The van der Waals surface area contributed by atoms with Crippen LogP contribution >= 0.6 is 0 Å². The van der Waals surface area contributed by atoms with Gasteiger partial charge in [0.2, 0.25) is 0 Å². The van der Waals surface area contributed by atoms with Gasteiger partial charge in [-0.15, -0.1) is 0 Å². The summed E-state index contributed by atoms with van der Waals surface area (Å²) in [6.45, 7) is 4.13. The van der Waals surface area contributed by atoms with Crippen molar-refractivity contribution in [3.63, 3.8) is 0 Å². The zero-order chi connectivity index (χ0) is 24.2. The Balaban J connectivity index is 2.02. The third-order valence-corrected chi connectivity index (χ3v) is 6.54. The Hall–Kier alpha value is -3.13. The third-order valence-electron chi connectivity index (χ3n) is 5.54. The number of halogens is 1. The van der Waals surface area contributed by atoms with Crippen LogP contribution in [0.4, 0.5) is 10.1 Å². The van der Waals surface area contributed by atoms with Gasteiger partial charge in [0.1, 0.15) is 15.7 Å². The lowest BCUT2D eigenvalue weighted by atomic mass is 9.92. The number of hydrogen-bond donors (Lipinski definition) is 1. The first-order valence-corrected chi connectivity index (χ1v) is 12.7. The Labute approximate surface area is 194 Å². The number of aromatic nitrogens is 1. The van der Waals surface area contributed by atoms with Crippen LogP contribution < -0.4 is 15.2 Å². The fraction of sp³-hybridized carbons (Fsp3) is 0.320. The van der Waals surface area contributed by atoms with Crippen molar-refractivity contribution in [2.75, 3.05) is 31.5 Å². The standard InChI is InChI=1S/C25H29FN2O4S/c1-5-32-24-13-17(10-11-23(24)31-3)18(15-33(4,29)30)12-22-25(27)16(2)20(14-28-22)19-8-6-7-9-21(19)26/h6-11,13-14,18H,5,12,15,27H2,1-4H3/t18-/m1/s1. The van der Waals surface area contributed by atoms with Gasteiger partial charge in [0.05, 0.1) is 30.9 Å². The fourth-order valence-corrected chi connectivity index (χ4v) is 4.91. The summed E-state index contributed by atoms with van der Waals surface area (Å²) in [7, 11) is -1.75. The summed E-state index contributed by atoms with van der Waals surface area (Å²) in [6, 6.07) is 11.8. The lowest BCUT2D eigenvalue weighted by Crippen LogP contribution is -2.17. The van der Waals surface area contributed by atoms with Crippen molar-refractivity contribution in [3.8, 4) is 22.6 Å². The van der Waals surface area contributed by atoms with E-state index in [1.807, 2.05) is 19.9 Å². The topological polar surface area (TPSA) is 91.5 Å². The molecule has 176 valence electrons. The summed E-state index contributed by atoms with van der Waals surface area (Å²) in [5, 5.41) is 0. The van der Waals surface area contributed by atoms with Gasteiger partial charge in [0, 0.05) is 29.5 Å². The van der Waals surface area contributed by atoms with Crippen LogP contribution in [0.2, 0.25) is 0 Å². The van der Waals surface area contributed by atoms with Gasteiger partial charge < -0.3 is 15.2 Å². The van der Waals surface area contributed by atoms with E-state index in [0.717, 1.165) is 5.56 Å². The van der Waals surface area contributed by atoms with E-state index in [-0.39, 0.29) is 11.6 Å². The van der Waals surface area contributed by atoms with Crippen LogP contribution in [0, 0.1) is 12.7 Å². The molecule has 0 amide bonds. The monoisotopic (exact) mass is 472 g/mol. The van der Waals surface area contributed by atoms with Gasteiger partial charge in [0.15, 0.2) is 11.5 Å². The van der Waals surface area contributed by atoms with Gasteiger partial charge in [-0.2, -0.15) is 0 Å². The van der Waals surface area contributed by atoms with Gasteiger partial charge in [0.25, 0.3) is 0 Å². The van der Waals surface area contributed by atoms with Crippen molar-refractivity contribution in [2.24, 2.45) is 0 Å². The smallest absolute Gasteiger partial charge is 0.161 e. The molecule has 0 saturated heterocycles. The van der Waals surface area contributed by atoms with E-state index in [0.29, 0.717) is 52.6 Å². The molecule has 1 aromatic heterocycles. The highest BCUT2D eigenvalue weighted by Crippen LogP contribution is 2.35. The van der Waals surface area contributed by atoms with E-state index in [1.165, 1.54) is 12.3 Å². The Morgan fingerprint density at radius 3 is 2.48 bits per heavy atom. The first kappa shape index (κ1) is 24.5. The van der Waals surface area contributed by atoms with Crippen LogP contribution in [-0.2, 0) is 16.3 Å². The SMILES string of the molecule is CCOc1cc([C@H](Cc2ncc(-c3ccccc3F)c(C)c2N)CS(C)(=O)=O)ccc1OC. The van der Waals surface area contributed by atoms with Crippen LogP contribution in [0.3, 0.4) is 0 Å². The molecule has 33 heavy (non-hydrogen) atoms. The summed E-state index contributed by atoms with van der Waals surface area (Å²) in [5.74, 6) is 0.273. The van der Waals surface area contributed by atoms with Gasteiger partial charge >= 0.3 is 0 Å². The molecule has 0 radical (unpaired) electrons. The number of rotatable bonds is 9. The molecule has 0 bridgehead atoms. The highest BCUT2D eigenvalue weighted by atomic mass is 32.2. The van der Waals surface area contributed by atoms with E-state index in [1.54, 1.807) is 43.6 Å². The van der Waals surface area contributed by atoms with Crippen molar-refractivity contribution in [1.29, 1.82) is 0 Å². The lowest BCUT2D eigenvalue weighted by molar-refractivity contribution is 0.310. The minimum Gasteiger partial charge on any atom is -0.493 e. The van der Waals surface area contributed by atoms with Gasteiger partial charge in [-0.3, -0.25) is 4.98 Å². The Morgan fingerprint density at radius 1 is 1.12 bits per heavy atom. The fourth-order valence-electron chi connectivity index (χ4n) is 3.87. The maximum absolute atomic E-state index is 14.3. The van der Waals surface area contributed by atoms with E-state index < -0.39 is 15.8 Å². The molecule has 0 unspecified atom stereocenters. The van der Waals surface area contributed by atoms with Gasteiger partial charge in [-0.1, -0.05) is 24.3 Å². The van der Waals surface area contributed by atoms with Crippen LogP contribution in [0.1, 0.15) is 29.7 Å². The van der Waals surface area contributed by atoms with E-state index in [2.05, 4.69) is 4.98 Å². The molecule has 0 fully saturated rings. The van der Waals surface area contributed by atoms with Crippen molar-refractivity contribution in [1.82, 2.24) is 4.98 Å². The molecule has 2 N–H and O–H groups in total. The predicted molar refractivity (Wildman–Crippen MR) is 129 cm³/mol. The lowest BCUT2D eigenvalue weighted by Gasteiger charge is -2.20.